The number of amides is 3. The zero-order valence-electron chi connectivity index (χ0n) is 14.1. The second-order valence-corrected chi connectivity index (χ2v) is 6.42. The van der Waals surface area contributed by atoms with Gasteiger partial charge in [0.25, 0.3) is 0 Å². The van der Waals surface area contributed by atoms with Crippen LogP contribution in [0.5, 0.6) is 5.75 Å². The van der Waals surface area contributed by atoms with Gasteiger partial charge in [-0.3, -0.25) is 9.78 Å². The van der Waals surface area contributed by atoms with Crippen molar-refractivity contribution in [3.05, 3.63) is 24.0 Å². The predicted molar refractivity (Wildman–Crippen MR) is 88.6 cm³/mol. The number of nitrogens with zero attached hydrogens (tertiary/aromatic N) is 2. The quantitative estimate of drug-likeness (QED) is 0.858. The van der Waals surface area contributed by atoms with Crippen molar-refractivity contribution in [3.8, 4) is 5.75 Å². The molecule has 7 nitrogen and oxygen atoms in total. The minimum Gasteiger partial charge on any atom is -0.495 e. The average Bonchev–Trinajstić information content (AvgIpc) is 3.25. The first kappa shape index (κ1) is 16.5. The normalized spacial score (nSPS) is 21.2. The summed E-state index contributed by atoms with van der Waals surface area (Å²) in [5.74, 6) is 0.606. The lowest BCUT2D eigenvalue weighted by molar-refractivity contribution is -0.124. The van der Waals surface area contributed by atoms with E-state index in [1.807, 2.05) is 13.0 Å². The van der Waals surface area contributed by atoms with Crippen molar-refractivity contribution in [2.45, 2.75) is 50.7 Å². The minimum atomic E-state index is -0.364. The molecule has 1 aliphatic carbocycles. The van der Waals surface area contributed by atoms with Crippen LogP contribution in [-0.4, -0.2) is 47.6 Å². The summed E-state index contributed by atoms with van der Waals surface area (Å²) in [7, 11) is 1.58. The minimum absolute atomic E-state index is 0.0284. The summed E-state index contributed by atoms with van der Waals surface area (Å²) in [5.41, 5.74) is 0.860. The molecule has 1 saturated carbocycles. The van der Waals surface area contributed by atoms with E-state index in [0.29, 0.717) is 18.3 Å². The summed E-state index contributed by atoms with van der Waals surface area (Å²) in [6.45, 7) is 2.50. The summed E-state index contributed by atoms with van der Waals surface area (Å²) >= 11 is 0. The number of nitrogens with one attached hydrogen (secondary N) is 2. The van der Waals surface area contributed by atoms with Crippen LogP contribution in [0.1, 0.15) is 44.2 Å². The number of urea groups is 1. The molecule has 0 radical (unpaired) electrons. The third-order valence-corrected chi connectivity index (χ3v) is 4.58. The zero-order valence-corrected chi connectivity index (χ0v) is 14.1. The van der Waals surface area contributed by atoms with E-state index in [2.05, 4.69) is 15.6 Å². The Kier molecular flexibility index (Phi) is 4.87. The maximum Gasteiger partial charge on any atom is 0.318 e. The van der Waals surface area contributed by atoms with Gasteiger partial charge in [0.1, 0.15) is 11.8 Å². The highest BCUT2D eigenvalue weighted by Gasteiger charge is 2.36. The number of pyridine rings is 1. The molecule has 3 amide bonds. The molecule has 2 N–H and O–H groups in total. The van der Waals surface area contributed by atoms with Gasteiger partial charge in [-0.25, -0.2) is 4.79 Å². The van der Waals surface area contributed by atoms with E-state index in [-0.39, 0.29) is 24.0 Å². The SMILES string of the molecule is COc1cnccc1C(C)NC(=O)N1CCCC1C(=O)NC1CC1. The molecule has 2 unspecified atom stereocenters. The Morgan fingerprint density at radius 3 is 2.88 bits per heavy atom. The van der Waals surface area contributed by atoms with Gasteiger partial charge in [-0.1, -0.05) is 0 Å². The van der Waals surface area contributed by atoms with Crippen LogP contribution in [0.2, 0.25) is 0 Å². The fourth-order valence-electron chi connectivity index (χ4n) is 3.07. The number of carbonyl (C=O) groups excluding carboxylic acids is 2. The largest absolute Gasteiger partial charge is 0.495 e. The van der Waals surface area contributed by atoms with Crippen LogP contribution >= 0.6 is 0 Å². The van der Waals surface area contributed by atoms with E-state index in [1.54, 1.807) is 24.4 Å². The van der Waals surface area contributed by atoms with Gasteiger partial charge < -0.3 is 20.3 Å². The monoisotopic (exact) mass is 332 g/mol. The molecule has 0 bridgehead atoms. The van der Waals surface area contributed by atoms with Crippen LogP contribution in [0.3, 0.4) is 0 Å². The highest BCUT2D eigenvalue weighted by atomic mass is 16.5. The number of ether oxygens (including phenoxy) is 1. The molecule has 2 atom stereocenters. The van der Waals surface area contributed by atoms with Gasteiger partial charge in [-0.2, -0.15) is 0 Å². The van der Waals surface area contributed by atoms with Crippen molar-refractivity contribution in [2.24, 2.45) is 0 Å². The van der Waals surface area contributed by atoms with Crippen LogP contribution < -0.4 is 15.4 Å². The fraction of sp³-hybridized carbons (Fsp3) is 0.588. The van der Waals surface area contributed by atoms with Crippen molar-refractivity contribution in [1.29, 1.82) is 0 Å². The lowest BCUT2D eigenvalue weighted by atomic mass is 10.1. The van der Waals surface area contributed by atoms with Gasteiger partial charge in [-0.05, 0) is 38.7 Å². The van der Waals surface area contributed by atoms with Crippen molar-refractivity contribution in [3.63, 3.8) is 0 Å². The number of likely N-dealkylation sites (tertiary alicyclic amines) is 1. The molecule has 0 aromatic carbocycles. The van der Waals surface area contributed by atoms with E-state index >= 15 is 0 Å². The van der Waals surface area contributed by atoms with Gasteiger partial charge in [0.15, 0.2) is 0 Å². The number of aromatic nitrogens is 1. The summed E-state index contributed by atoms with van der Waals surface area (Å²) in [5, 5.41) is 5.96. The van der Waals surface area contributed by atoms with Crippen molar-refractivity contribution in [1.82, 2.24) is 20.5 Å². The maximum absolute atomic E-state index is 12.6. The Balaban J connectivity index is 1.63. The highest BCUT2D eigenvalue weighted by molar-refractivity contribution is 5.88. The first-order valence-electron chi connectivity index (χ1n) is 8.45. The van der Waals surface area contributed by atoms with Gasteiger partial charge in [-0.15, -0.1) is 0 Å². The van der Waals surface area contributed by atoms with Gasteiger partial charge in [0.05, 0.1) is 19.3 Å². The molecule has 24 heavy (non-hydrogen) atoms. The third kappa shape index (κ3) is 3.60. The second-order valence-electron chi connectivity index (χ2n) is 6.42. The number of rotatable bonds is 5. The molecule has 1 aliphatic heterocycles. The second kappa shape index (κ2) is 7.07. The number of carbonyl (C=O) groups is 2. The topological polar surface area (TPSA) is 83.6 Å². The molecule has 1 saturated heterocycles. The Morgan fingerprint density at radius 1 is 1.38 bits per heavy atom. The molecule has 3 rings (SSSR count). The Bertz CT molecular complexity index is 618. The first-order chi connectivity index (χ1) is 11.6. The Hall–Kier alpha value is -2.31. The van der Waals surface area contributed by atoms with Crippen LogP contribution in [0.15, 0.2) is 18.5 Å². The van der Waals surface area contributed by atoms with Crippen LogP contribution in [0.25, 0.3) is 0 Å². The molecule has 7 heteroatoms. The molecule has 1 aromatic rings. The highest BCUT2D eigenvalue weighted by Crippen LogP contribution is 2.25. The van der Waals surface area contributed by atoms with Crippen molar-refractivity contribution >= 4 is 11.9 Å². The van der Waals surface area contributed by atoms with Gasteiger partial charge in [0, 0.05) is 24.3 Å². The summed E-state index contributed by atoms with van der Waals surface area (Å²) in [6.07, 6.45) is 6.96. The van der Waals surface area contributed by atoms with Gasteiger partial charge >= 0.3 is 6.03 Å². The van der Waals surface area contributed by atoms with Crippen LogP contribution in [0.4, 0.5) is 4.79 Å². The molecule has 130 valence electrons. The van der Waals surface area contributed by atoms with Crippen molar-refractivity contribution in [2.75, 3.05) is 13.7 Å². The Labute approximate surface area is 141 Å². The number of methoxy groups -OCH3 is 1. The van der Waals surface area contributed by atoms with E-state index in [0.717, 1.165) is 31.2 Å². The van der Waals surface area contributed by atoms with E-state index < -0.39 is 0 Å². The number of hydrogen-bond donors (Lipinski definition) is 2. The molecular weight excluding hydrogens is 308 g/mol. The first-order valence-corrected chi connectivity index (χ1v) is 8.45. The van der Waals surface area contributed by atoms with Crippen LogP contribution in [0, 0.1) is 0 Å². The summed E-state index contributed by atoms with van der Waals surface area (Å²) in [6, 6.07) is 1.32. The Morgan fingerprint density at radius 2 is 2.17 bits per heavy atom. The summed E-state index contributed by atoms with van der Waals surface area (Å²) < 4.78 is 5.29. The van der Waals surface area contributed by atoms with Crippen LogP contribution in [-0.2, 0) is 4.79 Å². The maximum atomic E-state index is 12.6. The van der Waals surface area contributed by atoms with E-state index in [9.17, 15) is 9.59 Å². The average molecular weight is 332 g/mol. The fourth-order valence-corrected chi connectivity index (χ4v) is 3.07. The standard InChI is InChI=1S/C17H24N4O3/c1-11(13-7-8-18-10-15(13)24-2)19-17(23)21-9-3-4-14(21)16(22)20-12-5-6-12/h7-8,10-12,14H,3-6,9H2,1-2H3,(H,19,23)(H,20,22). The zero-order chi connectivity index (χ0) is 17.1. The van der Waals surface area contributed by atoms with Gasteiger partial charge in [0.2, 0.25) is 5.91 Å². The smallest absolute Gasteiger partial charge is 0.318 e. The molecule has 2 aliphatic rings. The third-order valence-electron chi connectivity index (χ3n) is 4.58. The molecule has 2 fully saturated rings. The summed E-state index contributed by atoms with van der Waals surface area (Å²) in [4.78, 5) is 30.6. The predicted octanol–water partition coefficient (Wildman–Crippen LogP) is 1.60. The van der Waals surface area contributed by atoms with Crippen molar-refractivity contribution < 1.29 is 14.3 Å². The molecule has 2 heterocycles. The van der Waals surface area contributed by atoms with E-state index in [4.69, 9.17) is 4.74 Å². The lowest BCUT2D eigenvalue weighted by Crippen LogP contribution is -2.50. The number of hydrogen-bond acceptors (Lipinski definition) is 4. The van der Waals surface area contributed by atoms with E-state index in [1.165, 1.54) is 0 Å². The lowest BCUT2D eigenvalue weighted by Gasteiger charge is -2.26. The molecular formula is C17H24N4O3. The molecule has 0 spiro atoms. The molecule has 1 aromatic heterocycles.